The molecule has 32 heavy (non-hydrogen) atoms. The Morgan fingerprint density at radius 1 is 1.16 bits per heavy atom. The summed E-state index contributed by atoms with van der Waals surface area (Å²) >= 11 is 0.973. The maximum atomic E-state index is 12.9. The van der Waals surface area contributed by atoms with Gasteiger partial charge in [0.25, 0.3) is 0 Å². The number of hydrogen-bond donors (Lipinski definition) is 3. The molecule has 0 spiro atoms. The van der Waals surface area contributed by atoms with Crippen molar-refractivity contribution in [1.82, 2.24) is 10.3 Å². The van der Waals surface area contributed by atoms with E-state index in [1.54, 1.807) is 12.1 Å². The molecule has 2 atom stereocenters. The molecule has 0 amide bonds. The van der Waals surface area contributed by atoms with Gasteiger partial charge in [0, 0.05) is 19.5 Å². The number of rotatable bonds is 8. The molecule has 1 unspecified atom stereocenters. The number of hydrogen-bond acceptors (Lipinski definition) is 8. The van der Waals surface area contributed by atoms with Crippen molar-refractivity contribution >= 4 is 17.3 Å². The van der Waals surface area contributed by atoms with Crippen LogP contribution < -0.4 is 14.9 Å². The van der Waals surface area contributed by atoms with Crippen LogP contribution in [-0.4, -0.2) is 48.0 Å². The van der Waals surface area contributed by atoms with Gasteiger partial charge in [-0.1, -0.05) is 53.8 Å². The van der Waals surface area contributed by atoms with Crippen molar-refractivity contribution in [1.29, 1.82) is 0 Å². The summed E-state index contributed by atoms with van der Waals surface area (Å²) in [5.74, 6) is -0.104. The highest BCUT2D eigenvalue weighted by molar-refractivity contribution is 7.09. The van der Waals surface area contributed by atoms with E-state index in [-0.39, 0.29) is 17.4 Å². The van der Waals surface area contributed by atoms with Gasteiger partial charge in [0.15, 0.2) is 0 Å². The molecule has 3 N–H and O–H groups in total. The molecule has 1 aliphatic heterocycles. The number of carbonyl (C=O) groups is 1. The van der Waals surface area contributed by atoms with Crippen molar-refractivity contribution in [2.75, 3.05) is 19.7 Å². The van der Waals surface area contributed by atoms with Gasteiger partial charge in [-0.2, -0.15) is 0 Å². The summed E-state index contributed by atoms with van der Waals surface area (Å²) < 4.78 is 17.3. The molecule has 2 aromatic carbocycles. The Morgan fingerprint density at radius 3 is 2.59 bits per heavy atom. The van der Waals surface area contributed by atoms with Crippen LogP contribution in [0.25, 0.3) is 0 Å². The Morgan fingerprint density at radius 2 is 1.94 bits per heavy atom. The van der Waals surface area contributed by atoms with E-state index < -0.39 is 18.2 Å². The Balaban J connectivity index is 1.43. The number of thiazole rings is 1. The van der Waals surface area contributed by atoms with Gasteiger partial charge in [0.2, 0.25) is 12.0 Å². The highest BCUT2D eigenvalue weighted by Crippen LogP contribution is 2.23. The van der Waals surface area contributed by atoms with Crippen molar-refractivity contribution in [3.8, 4) is 11.6 Å². The lowest BCUT2D eigenvalue weighted by Crippen LogP contribution is -2.51. The number of ether oxygens (including phenoxy) is 3. The molecule has 1 fully saturated rings. The summed E-state index contributed by atoms with van der Waals surface area (Å²) in [5, 5.41) is 13.0. The minimum absolute atomic E-state index is 0.108. The van der Waals surface area contributed by atoms with Gasteiger partial charge in [-0.25, -0.2) is 4.79 Å². The van der Waals surface area contributed by atoms with Gasteiger partial charge in [0.1, 0.15) is 18.5 Å². The number of morpholine rings is 1. The second-order valence-electron chi connectivity index (χ2n) is 7.35. The molecule has 8 nitrogen and oxygen atoms in total. The van der Waals surface area contributed by atoms with Crippen molar-refractivity contribution in [3.63, 3.8) is 0 Å². The number of nitrogens with one attached hydrogen (secondary N) is 2. The van der Waals surface area contributed by atoms with Crippen molar-refractivity contribution in [2.24, 2.45) is 0 Å². The number of carbonyl (C=O) groups excluding carboxylic acids is 1. The van der Waals surface area contributed by atoms with Crippen LogP contribution in [0.4, 0.5) is 0 Å². The molecule has 1 aliphatic rings. The molecule has 2 heterocycles. The zero-order chi connectivity index (χ0) is 22.3. The van der Waals surface area contributed by atoms with Crippen LogP contribution in [0.5, 0.6) is 11.6 Å². The Kier molecular flexibility index (Phi) is 7.21. The monoisotopic (exact) mass is 456 g/mol. The van der Waals surface area contributed by atoms with Gasteiger partial charge in [-0.05, 0) is 23.3 Å². The van der Waals surface area contributed by atoms with Crippen molar-refractivity contribution in [2.45, 2.75) is 25.2 Å². The van der Waals surface area contributed by atoms with Crippen LogP contribution in [0.2, 0.25) is 0 Å². The number of aromatic hydroxyl groups is 1. The standard InChI is InChI=1S/C23H24N2O6S/c26-21-19(32-23(28)25-21)12-15-6-8-17(9-7-15)31-20(18-13-24-10-11-29-18)22(27)30-14-16-4-2-1-3-5-16/h1-9,18,20,24,26H,10-14H2,(H,25,28)/t18-,20?/m0/s1. The van der Waals surface area contributed by atoms with Gasteiger partial charge in [-0.15, -0.1) is 0 Å². The van der Waals surface area contributed by atoms with Crippen LogP contribution >= 0.6 is 11.3 Å². The van der Waals surface area contributed by atoms with E-state index in [1.165, 1.54) is 0 Å². The molecule has 0 aliphatic carbocycles. The molecule has 1 aromatic heterocycles. The van der Waals surface area contributed by atoms with Gasteiger partial charge in [0.05, 0.1) is 11.5 Å². The zero-order valence-corrected chi connectivity index (χ0v) is 18.1. The summed E-state index contributed by atoms with van der Waals surface area (Å²) in [6, 6.07) is 16.6. The first kappa shape index (κ1) is 22.1. The minimum Gasteiger partial charge on any atom is -0.494 e. The molecule has 9 heteroatoms. The predicted molar refractivity (Wildman–Crippen MR) is 119 cm³/mol. The molecule has 4 rings (SSSR count). The highest BCUT2D eigenvalue weighted by Gasteiger charge is 2.34. The van der Waals surface area contributed by atoms with Gasteiger partial charge < -0.3 is 24.6 Å². The van der Waals surface area contributed by atoms with E-state index in [1.807, 2.05) is 42.5 Å². The fourth-order valence-corrected chi connectivity index (χ4v) is 4.11. The Hall–Kier alpha value is -3.14. The van der Waals surface area contributed by atoms with Crippen LogP contribution in [0, 0.1) is 0 Å². The fourth-order valence-electron chi connectivity index (χ4n) is 3.36. The number of benzene rings is 2. The molecular weight excluding hydrogens is 432 g/mol. The van der Waals surface area contributed by atoms with Crippen LogP contribution in [0.15, 0.2) is 59.4 Å². The maximum absolute atomic E-state index is 12.9. The van der Waals surface area contributed by atoms with E-state index in [0.717, 1.165) is 29.0 Å². The SMILES string of the molecule is O=C(OCc1ccccc1)C(Oc1ccc(Cc2sc(=O)[nH]c2O)cc1)[C@@H]1CNCCO1. The van der Waals surface area contributed by atoms with E-state index in [2.05, 4.69) is 10.3 Å². The quantitative estimate of drug-likeness (QED) is 0.446. The third-order valence-electron chi connectivity index (χ3n) is 5.00. The Bertz CT molecular complexity index is 1070. The smallest absolute Gasteiger partial charge is 0.350 e. The van der Waals surface area contributed by atoms with Crippen LogP contribution in [0.1, 0.15) is 16.0 Å². The molecule has 1 saturated heterocycles. The van der Waals surface area contributed by atoms with Crippen LogP contribution in [0.3, 0.4) is 0 Å². The lowest BCUT2D eigenvalue weighted by Gasteiger charge is -2.30. The first-order valence-electron chi connectivity index (χ1n) is 10.3. The van der Waals surface area contributed by atoms with Crippen LogP contribution in [-0.2, 0) is 27.3 Å². The first-order valence-corrected chi connectivity index (χ1v) is 11.1. The highest BCUT2D eigenvalue weighted by atomic mass is 32.1. The number of esters is 1. The summed E-state index contributed by atoms with van der Waals surface area (Å²) in [6.07, 6.45) is -0.981. The molecular formula is C23H24N2O6S. The van der Waals surface area contributed by atoms with Gasteiger partial charge >= 0.3 is 10.8 Å². The fraction of sp³-hybridized carbons (Fsp3) is 0.304. The molecule has 0 radical (unpaired) electrons. The van der Waals surface area contributed by atoms with Gasteiger partial charge in [-0.3, -0.25) is 9.78 Å². The van der Waals surface area contributed by atoms with E-state index in [9.17, 15) is 14.7 Å². The lowest BCUT2D eigenvalue weighted by molar-refractivity contribution is -0.162. The number of aromatic amines is 1. The largest absolute Gasteiger partial charge is 0.494 e. The zero-order valence-electron chi connectivity index (χ0n) is 17.3. The molecule has 0 bridgehead atoms. The average molecular weight is 457 g/mol. The number of aromatic nitrogens is 1. The minimum atomic E-state index is -0.920. The molecule has 3 aromatic rings. The second kappa shape index (κ2) is 10.4. The summed E-state index contributed by atoms with van der Waals surface area (Å²) in [7, 11) is 0. The summed E-state index contributed by atoms with van der Waals surface area (Å²) in [6.45, 7) is 1.84. The second-order valence-corrected chi connectivity index (χ2v) is 8.42. The van der Waals surface area contributed by atoms with E-state index >= 15 is 0 Å². The topological polar surface area (TPSA) is 110 Å². The van der Waals surface area contributed by atoms with Crippen molar-refractivity contribution in [3.05, 3.63) is 80.3 Å². The van der Waals surface area contributed by atoms with Crippen molar-refractivity contribution < 1.29 is 24.1 Å². The summed E-state index contributed by atoms with van der Waals surface area (Å²) in [5.41, 5.74) is 1.78. The lowest BCUT2D eigenvalue weighted by atomic mass is 10.1. The third-order valence-corrected chi connectivity index (χ3v) is 5.87. The maximum Gasteiger partial charge on any atom is 0.350 e. The Labute approximate surface area is 188 Å². The normalized spacial score (nSPS) is 16.9. The van der Waals surface area contributed by atoms with E-state index in [0.29, 0.717) is 30.2 Å². The molecule has 0 saturated carbocycles. The first-order chi connectivity index (χ1) is 15.6. The van der Waals surface area contributed by atoms with E-state index in [4.69, 9.17) is 14.2 Å². The average Bonchev–Trinajstić information content (AvgIpc) is 3.14. The molecule has 168 valence electrons. The summed E-state index contributed by atoms with van der Waals surface area (Å²) in [4.78, 5) is 26.8. The third kappa shape index (κ3) is 5.76. The number of H-pyrrole nitrogens is 1. The predicted octanol–water partition coefficient (Wildman–Crippen LogP) is 2.21.